The van der Waals surface area contributed by atoms with Crippen molar-refractivity contribution in [2.24, 2.45) is 0 Å². The molecule has 2 rings (SSSR count). The monoisotopic (exact) mass is 206 g/mol. The summed E-state index contributed by atoms with van der Waals surface area (Å²) in [6.45, 7) is 5.01. The van der Waals surface area contributed by atoms with Crippen molar-refractivity contribution in [1.82, 2.24) is 0 Å². The standard InChI is InChI=1S/C13H18O2/c1-3-9(2)10-4-5-13-11(8-10)12(14)6-7-15-13/h4-5,8-9,12,14H,3,6-7H2,1-2H3. The molecule has 0 saturated carbocycles. The molecule has 2 nitrogen and oxygen atoms in total. The lowest BCUT2D eigenvalue weighted by atomic mass is 9.93. The van der Waals surface area contributed by atoms with Crippen LogP contribution in [0.3, 0.4) is 0 Å². The minimum absolute atomic E-state index is 0.349. The summed E-state index contributed by atoms with van der Waals surface area (Å²) in [6.07, 6.45) is 1.48. The maximum atomic E-state index is 9.86. The molecule has 1 aromatic rings. The zero-order chi connectivity index (χ0) is 10.8. The van der Waals surface area contributed by atoms with Gasteiger partial charge in [-0.25, -0.2) is 0 Å². The van der Waals surface area contributed by atoms with Crippen LogP contribution >= 0.6 is 0 Å². The van der Waals surface area contributed by atoms with Gasteiger partial charge in [-0.3, -0.25) is 0 Å². The molecule has 2 unspecified atom stereocenters. The molecule has 0 spiro atoms. The van der Waals surface area contributed by atoms with Crippen molar-refractivity contribution in [2.75, 3.05) is 6.61 Å². The minimum atomic E-state index is -0.349. The number of hydrogen-bond donors (Lipinski definition) is 1. The Morgan fingerprint density at radius 3 is 3.07 bits per heavy atom. The Kier molecular flexibility index (Phi) is 2.96. The van der Waals surface area contributed by atoms with E-state index >= 15 is 0 Å². The topological polar surface area (TPSA) is 29.5 Å². The molecule has 0 aliphatic carbocycles. The van der Waals surface area contributed by atoms with Gasteiger partial charge in [0.1, 0.15) is 5.75 Å². The summed E-state index contributed by atoms with van der Waals surface area (Å²) in [7, 11) is 0. The lowest BCUT2D eigenvalue weighted by Gasteiger charge is -2.23. The fourth-order valence-electron chi connectivity index (χ4n) is 1.94. The maximum Gasteiger partial charge on any atom is 0.125 e. The highest BCUT2D eigenvalue weighted by molar-refractivity contribution is 5.41. The molecule has 0 fully saturated rings. The largest absolute Gasteiger partial charge is 0.493 e. The van der Waals surface area contributed by atoms with Crippen LogP contribution in [0.4, 0.5) is 0 Å². The number of hydrogen-bond acceptors (Lipinski definition) is 2. The fourth-order valence-corrected chi connectivity index (χ4v) is 1.94. The summed E-state index contributed by atoms with van der Waals surface area (Å²) >= 11 is 0. The van der Waals surface area contributed by atoms with Crippen LogP contribution in [0.15, 0.2) is 18.2 Å². The predicted molar refractivity (Wildman–Crippen MR) is 60.2 cm³/mol. The van der Waals surface area contributed by atoms with Gasteiger partial charge in [0.15, 0.2) is 0 Å². The van der Waals surface area contributed by atoms with Gasteiger partial charge in [0, 0.05) is 12.0 Å². The van der Waals surface area contributed by atoms with Crippen LogP contribution in [0, 0.1) is 0 Å². The number of rotatable bonds is 2. The Bertz CT molecular complexity index is 346. The first-order chi connectivity index (χ1) is 7.22. The van der Waals surface area contributed by atoms with Crippen molar-refractivity contribution >= 4 is 0 Å². The molecule has 1 aliphatic rings. The second-order valence-corrected chi connectivity index (χ2v) is 4.26. The highest BCUT2D eigenvalue weighted by Gasteiger charge is 2.20. The van der Waals surface area contributed by atoms with E-state index in [2.05, 4.69) is 26.0 Å². The first-order valence-electron chi connectivity index (χ1n) is 5.67. The van der Waals surface area contributed by atoms with Gasteiger partial charge < -0.3 is 9.84 Å². The fraction of sp³-hybridized carbons (Fsp3) is 0.538. The third kappa shape index (κ3) is 2.00. The normalized spacial score (nSPS) is 21.7. The molecule has 2 heteroatoms. The summed E-state index contributed by atoms with van der Waals surface area (Å²) < 4.78 is 5.50. The molecule has 0 radical (unpaired) electrons. The predicted octanol–water partition coefficient (Wildman–Crippen LogP) is 3.02. The Balaban J connectivity index is 2.35. The van der Waals surface area contributed by atoms with Gasteiger partial charge in [-0.1, -0.05) is 19.9 Å². The molecule has 1 N–H and O–H groups in total. The van der Waals surface area contributed by atoms with Crippen molar-refractivity contribution in [3.63, 3.8) is 0 Å². The molecule has 82 valence electrons. The molecule has 15 heavy (non-hydrogen) atoms. The van der Waals surface area contributed by atoms with Crippen LogP contribution in [0.2, 0.25) is 0 Å². The van der Waals surface area contributed by atoms with Crippen molar-refractivity contribution in [2.45, 2.75) is 38.7 Å². The lowest BCUT2D eigenvalue weighted by Crippen LogP contribution is -2.14. The third-order valence-corrected chi connectivity index (χ3v) is 3.22. The van der Waals surface area contributed by atoms with E-state index in [-0.39, 0.29) is 6.10 Å². The molecule has 1 aliphatic heterocycles. The first-order valence-corrected chi connectivity index (χ1v) is 5.67. The third-order valence-electron chi connectivity index (χ3n) is 3.22. The van der Waals surface area contributed by atoms with E-state index in [4.69, 9.17) is 4.74 Å². The zero-order valence-corrected chi connectivity index (χ0v) is 9.36. The average Bonchev–Trinajstić information content (AvgIpc) is 2.28. The molecule has 0 aromatic heterocycles. The van der Waals surface area contributed by atoms with E-state index in [1.807, 2.05) is 6.07 Å². The van der Waals surface area contributed by atoms with Crippen LogP contribution < -0.4 is 4.74 Å². The Labute approximate surface area is 90.9 Å². The summed E-state index contributed by atoms with van der Waals surface area (Å²) in [6, 6.07) is 6.18. The highest BCUT2D eigenvalue weighted by atomic mass is 16.5. The second kappa shape index (κ2) is 4.23. The number of aliphatic hydroxyl groups is 1. The van der Waals surface area contributed by atoms with Crippen molar-refractivity contribution < 1.29 is 9.84 Å². The van der Waals surface area contributed by atoms with Crippen molar-refractivity contribution in [3.8, 4) is 5.75 Å². The van der Waals surface area contributed by atoms with Crippen LogP contribution in [0.25, 0.3) is 0 Å². The summed E-state index contributed by atoms with van der Waals surface area (Å²) in [4.78, 5) is 0. The van der Waals surface area contributed by atoms with E-state index in [0.29, 0.717) is 18.9 Å². The van der Waals surface area contributed by atoms with Gasteiger partial charge in [-0.15, -0.1) is 0 Å². The highest BCUT2D eigenvalue weighted by Crippen LogP contribution is 2.34. The van der Waals surface area contributed by atoms with E-state index in [0.717, 1.165) is 17.7 Å². The van der Waals surface area contributed by atoms with Crippen LogP contribution in [0.5, 0.6) is 5.75 Å². The van der Waals surface area contributed by atoms with Crippen molar-refractivity contribution in [1.29, 1.82) is 0 Å². The van der Waals surface area contributed by atoms with Crippen LogP contribution in [-0.4, -0.2) is 11.7 Å². The molecule has 2 atom stereocenters. The summed E-state index contributed by atoms with van der Waals surface area (Å²) in [5.74, 6) is 1.39. The van der Waals surface area contributed by atoms with E-state index in [1.54, 1.807) is 0 Å². The Morgan fingerprint density at radius 1 is 1.53 bits per heavy atom. The molecule has 0 bridgehead atoms. The maximum absolute atomic E-state index is 9.86. The number of benzene rings is 1. The van der Waals surface area contributed by atoms with E-state index < -0.39 is 0 Å². The minimum Gasteiger partial charge on any atom is -0.493 e. The smallest absolute Gasteiger partial charge is 0.125 e. The Morgan fingerprint density at radius 2 is 2.33 bits per heavy atom. The summed E-state index contributed by atoms with van der Waals surface area (Å²) in [5, 5.41) is 9.86. The van der Waals surface area contributed by atoms with Gasteiger partial charge in [-0.2, -0.15) is 0 Å². The van der Waals surface area contributed by atoms with Gasteiger partial charge in [0.2, 0.25) is 0 Å². The molecule has 1 heterocycles. The Hall–Kier alpha value is -1.02. The van der Waals surface area contributed by atoms with Crippen LogP contribution in [0.1, 0.15) is 49.8 Å². The van der Waals surface area contributed by atoms with Gasteiger partial charge >= 0.3 is 0 Å². The van der Waals surface area contributed by atoms with E-state index in [9.17, 15) is 5.11 Å². The molecule has 0 amide bonds. The molecule has 1 aromatic carbocycles. The quantitative estimate of drug-likeness (QED) is 0.806. The lowest BCUT2D eigenvalue weighted by molar-refractivity contribution is 0.115. The number of aliphatic hydroxyl groups excluding tert-OH is 1. The second-order valence-electron chi connectivity index (χ2n) is 4.26. The van der Waals surface area contributed by atoms with Gasteiger partial charge in [0.25, 0.3) is 0 Å². The number of ether oxygens (including phenoxy) is 1. The summed E-state index contributed by atoms with van der Waals surface area (Å²) in [5.41, 5.74) is 2.25. The molecular weight excluding hydrogens is 188 g/mol. The van der Waals surface area contributed by atoms with Gasteiger partial charge in [0.05, 0.1) is 12.7 Å². The molecular formula is C13H18O2. The van der Waals surface area contributed by atoms with E-state index in [1.165, 1.54) is 5.56 Å². The van der Waals surface area contributed by atoms with Crippen molar-refractivity contribution in [3.05, 3.63) is 29.3 Å². The number of fused-ring (bicyclic) bond motifs is 1. The average molecular weight is 206 g/mol. The molecule has 0 saturated heterocycles. The zero-order valence-electron chi connectivity index (χ0n) is 9.36. The SMILES string of the molecule is CCC(C)c1ccc2c(c1)C(O)CCO2. The van der Waals surface area contributed by atoms with Crippen LogP contribution in [-0.2, 0) is 0 Å². The first kappa shape index (κ1) is 10.5. The van der Waals surface area contributed by atoms with Gasteiger partial charge in [-0.05, 0) is 30.0 Å².